The summed E-state index contributed by atoms with van der Waals surface area (Å²) < 4.78 is 14.4. The van der Waals surface area contributed by atoms with Crippen LogP contribution in [0.5, 0.6) is 11.5 Å². The fourth-order valence-corrected chi connectivity index (χ4v) is 5.20. The molecule has 7 heteroatoms. The van der Waals surface area contributed by atoms with Crippen molar-refractivity contribution in [3.05, 3.63) is 50.4 Å². The van der Waals surface area contributed by atoms with Gasteiger partial charge < -0.3 is 9.47 Å². The number of hydrogen-bond donors (Lipinski definition) is 0. The highest BCUT2D eigenvalue weighted by atomic mass is 127. The van der Waals surface area contributed by atoms with Gasteiger partial charge in [0.05, 0.1) is 31.9 Å². The van der Waals surface area contributed by atoms with Crippen molar-refractivity contribution < 1.29 is 9.47 Å². The molecule has 2 aromatic carbocycles. The van der Waals surface area contributed by atoms with Gasteiger partial charge in [-0.1, -0.05) is 12.1 Å². The zero-order chi connectivity index (χ0) is 19.2. The van der Waals surface area contributed by atoms with E-state index in [1.807, 2.05) is 56.3 Å². The Morgan fingerprint density at radius 3 is 2.74 bits per heavy atom. The van der Waals surface area contributed by atoms with Crippen molar-refractivity contribution in [1.82, 2.24) is 4.98 Å². The lowest BCUT2D eigenvalue weighted by Gasteiger charge is -2.13. The second-order valence-corrected chi connectivity index (χ2v) is 8.85. The van der Waals surface area contributed by atoms with E-state index in [2.05, 4.69) is 33.6 Å². The first-order valence-electron chi connectivity index (χ1n) is 8.39. The van der Waals surface area contributed by atoms with Crippen molar-refractivity contribution in [3.63, 3.8) is 0 Å². The van der Waals surface area contributed by atoms with Crippen LogP contribution in [0.25, 0.3) is 16.3 Å². The van der Waals surface area contributed by atoms with Crippen molar-refractivity contribution >= 4 is 62.0 Å². The van der Waals surface area contributed by atoms with E-state index in [1.165, 1.54) is 11.8 Å². The van der Waals surface area contributed by atoms with Crippen molar-refractivity contribution in [1.29, 1.82) is 5.26 Å². The second kappa shape index (κ2) is 9.44. The van der Waals surface area contributed by atoms with E-state index in [9.17, 15) is 5.26 Å². The normalized spacial score (nSPS) is 11.4. The van der Waals surface area contributed by atoms with Gasteiger partial charge in [-0.3, -0.25) is 0 Å². The Morgan fingerprint density at radius 1 is 1.26 bits per heavy atom. The van der Waals surface area contributed by atoms with Crippen LogP contribution in [-0.2, 0) is 0 Å². The number of hydrogen-bond acceptors (Lipinski definition) is 6. The first-order valence-corrected chi connectivity index (χ1v) is 11.1. The summed E-state index contributed by atoms with van der Waals surface area (Å²) in [5, 5.41) is 9.58. The third-order valence-electron chi connectivity index (χ3n) is 3.50. The molecule has 27 heavy (non-hydrogen) atoms. The first kappa shape index (κ1) is 20.0. The van der Waals surface area contributed by atoms with E-state index in [4.69, 9.17) is 9.47 Å². The van der Waals surface area contributed by atoms with E-state index in [0.717, 1.165) is 29.4 Å². The molecule has 0 fully saturated rings. The molecule has 4 nitrogen and oxygen atoms in total. The van der Waals surface area contributed by atoms with Gasteiger partial charge >= 0.3 is 0 Å². The smallest absolute Gasteiger partial charge is 0.174 e. The molecule has 0 N–H and O–H groups in total. The van der Waals surface area contributed by atoms with Crippen LogP contribution in [0.3, 0.4) is 0 Å². The quantitative estimate of drug-likeness (QED) is 0.211. The van der Waals surface area contributed by atoms with Crippen LogP contribution in [-0.4, -0.2) is 18.2 Å². The van der Waals surface area contributed by atoms with Crippen LogP contribution in [0.15, 0.2) is 45.6 Å². The van der Waals surface area contributed by atoms with Gasteiger partial charge in [-0.25, -0.2) is 4.98 Å². The lowest BCUT2D eigenvalue weighted by molar-refractivity contribution is 0.286. The van der Waals surface area contributed by atoms with Gasteiger partial charge in [-0.2, -0.15) is 5.26 Å². The molecule has 0 bridgehead atoms. The fourth-order valence-electron chi connectivity index (χ4n) is 2.44. The van der Waals surface area contributed by atoms with Crippen LogP contribution < -0.4 is 9.47 Å². The molecule has 0 atom stereocenters. The largest absolute Gasteiger partial charge is 0.490 e. The molecule has 0 aliphatic heterocycles. The summed E-state index contributed by atoms with van der Waals surface area (Å²) in [4.78, 5) is 5.17. The summed E-state index contributed by atoms with van der Waals surface area (Å²) in [6.45, 7) is 5.01. The van der Waals surface area contributed by atoms with Gasteiger partial charge in [0.2, 0.25) is 0 Å². The summed E-state index contributed by atoms with van der Waals surface area (Å²) in [6, 6.07) is 14.1. The standard InChI is InChI=1S/C20H17IN2O2S2/c1-3-24-17-11-13(10-15(21)19(17)25-4-2)9-14(12-22)26-20-23-16-7-5-6-8-18(16)27-20/h5-11H,3-4H2,1-2H3/b14-9+. The summed E-state index contributed by atoms with van der Waals surface area (Å²) >= 11 is 5.20. The summed E-state index contributed by atoms with van der Waals surface area (Å²) in [5.41, 5.74) is 1.85. The highest BCUT2D eigenvalue weighted by Gasteiger charge is 2.13. The average Bonchev–Trinajstić information content (AvgIpc) is 3.06. The Kier molecular flexibility index (Phi) is 6.99. The molecule has 0 unspecified atom stereocenters. The lowest BCUT2D eigenvalue weighted by atomic mass is 10.2. The molecule has 0 aliphatic carbocycles. The van der Waals surface area contributed by atoms with Crippen molar-refractivity contribution in [2.24, 2.45) is 0 Å². The molecular formula is C20H17IN2O2S2. The molecule has 138 valence electrons. The van der Waals surface area contributed by atoms with Crippen LogP contribution in [0.2, 0.25) is 0 Å². The van der Waals surface area contributed by atoms with Gasteiger partial charge in [0.25, 0.3) is 0 Å². The highest BCUT2D eigenvalue weighted by Crippen LogP contribution is 2.37. The number of halogens is 1. The topological polar surface area (TPSA) is 55.1 Å². The van der Waals surface area contributed by atoms with Crippen LogP contribution >= 0.6 is 45.7 Å². The molecule has 1 aromatic heterocycles. The van der Waals surface area contributed by atoms with Gasteiger partial charge in [-0.05, 0) is 84.1 Å². The SMILES string of the molecule is CCOc1cc(/C=C(\C#N)Sc2nc3ccccc3s2)cc(I)c1OCC. The van der Waals surface area contributed by atoms with Gasteiger partial charge in [0, 0.05) is 0 Å². The van der Waals surface area contributed by atoms with E-state index in [0.29, 0.717) is 23.9 Å². The number of nitriles is 1. The molecule has 1 heterocycles. The zero-order valence-electron chi connectivity index (χ0n) is 14.9. The highest BCUT2D eigenvalue weighted by molar-refractivity contribution is 14.1. The van der Waals surface area contributed by atoms with Crippen LogP contribution in [0.4, 0.5) is 0 Å². The van der Waals surface area contributed by atoms with E-state index >= 15 is 0 Å². The Hall–Kier alpha value is -1.76. The first-order chi connectivity index (χ1) is 13.1. The zero-order valence-corrected chi connectivity index (χ0v) is 18.7. The Bertz CT molecular complexity index is 991. The van der Waals surface area contributed by atoms with E-state index < -0.39 is 0 Å². The lowest BCUT2D eigenvalue weighted by Crippen LogP contribution is -2.00. The van der Waals surface area contributed by atoms with E-state index in [1.54, 1.807) is 11.3 Å². The summed E-state index contributed by atoms with van der Waals surface area (Å²) in [6.07, 6.45) is 1.86. The number of benzene rings is 2. The third-order valence-corrected chi connectivity index (χ3v) is 6.33. The van der Waals surface area contributed by atoms with Gasteiger partial charge in [0.15, 0.2) is 15.8 Å². The number of thioether (sulfide) groups is 1. The minimum Gasteiger partial charge on any atom is -0.490 e. The second-order valence-electron chi connectivity index (χ2n) is 5.37. The molecule has 3 aromatic rings. The number of allylic oxidation sites excluding steroid dienone is 1. The number of para-hydroxylation sites is 1. The fraction of sp³-hybridized carbons (Fsp3) is 0.200. The number of thiazole rings is 1. The number of aromatic nitrogens is 1. The average molecular weight is 508 g/mol. The minimum atomic E-state index is 0.550. The number of rotatable bonds is 7. The molecular weight excluding hydrogens is 491 g/mol. The molecule has 0 radical (unpaired) electrons. The third kappa shape index (κ3) is 4.94. The predicted octanol–water partition coefficient (Wildman–Crippen LogP) is 6.36. The monoisotopic (exact) mass is 508 g/mol. The minimum absolute atomic E-state index is 0.550. The number of fused-ring (bicyclic) bond motifs is 1. The maximum Gasteiger partial charge on any atom is 0.174 e. The predicted molar refractivity (Wildman–Crippen MR) is 121 cm³/mol. The number of nitrogens with zero attached hydrogens (tertiary/aromatic N) is 2. The van der Waals surface area contributed by atoms with Crippen LogP contribution in [0.1, 0.15) is 19.4 Å². The molecule has 3 rings (SSSR count). The van der Waals surface area contributed by atoms with E-state index in [-0.39, 0.29) is 0 Å². The molecule has 0 amide bonds. The number of ether oxygens (including phenoxy) is 2. The van der Waals surface area contributed by atoms with Crippen molar-refractivity contribution in [2.75, 3.05) is 13.2 Å². The molecule has 0 saturated heterocycles. The Labute approximate surface area is 180 Å². The molecule has 0 spiro atoms. The van der Waals surface area contributed by atoms with Crippen molar-refractivity contribution in [3.8, 4) is 17.6 Å². The summed E-state index contributed by atoms with van der Waals surface area (Å²) in [5.74, 6) is 1.44. The summed E-state index contributed by atoms with van der Waals surface area (Å²) in [7, 11) is 0. The Morgan fingerprint density at radius 2 is 2.04 bits per heavy atom. The maximum absolute atomic E-state index is 9.58. The van der Waals surface area contributed by atoms with Crippen molar-refractivity contribution in [2.45, 2.75) is 18.2 Å². The van der Waals surface area contributed by atoms with Gasteiger partial charge in [0.1, 0.15) is 6.07 Å². The van der Waals surface area contributed by atoms with Gasteiger partial charge in [-0.15, -0.1) is 11.3 Å². The molecule has 0 aliphatic rings. The molecule has 0 saturated carbocycles. The maximum atomic E-state index is 9.58. The van der Waals surface area contributed by atoms with Crippen LogP contribution in [0, 0.1) is 14.9 Å². The Balaban J connectivity index is 1.91.